The van der Waals surface area contributed by atoms with Crippen LogP contribution in [0.2, 0.25) is 0 Å². The molecule has 1 aromatic heterocycles. The first-order valence-corrected chi connectivity index (χ1v) is 5.38. The molecule has 0 aliphatic carbocycles. The van der Waals surface area contributed by atoms with Gasteiger partial charge in [0.2, 0.25) is 11.8 Å². The van der Waals surface area contributed by atoms with Gasteiger partial charge in [-0.25, -0.2) is 9.97 Å². The third kappa shape index (κ3) is 3.05. The van der Waals surface area contributed by atoms with E-state index in [4.69, 9.17) is 10.5 Å². The van der Waals surface area contributed by atoms with E-state index in [2.05, 4.69) is 15.3 Å². The van der Waals surface area contributed by atoms with E-state index in [1.54, 1.807) is 0 Å². The lowest BCUT2D eigenvalue weighted by Crippen LogP contribution is -2.40. The lowest BCUT2D eigenvalue weighted by Gasteiger charge is -2.20. The molecule has 0 aromatic carbocycles. The third-order valence-electron chi connectivity index (χ3n) is 2.50. The van der Waals surface area contributed by atoms with E-state index in [0.29, 0.717) is 11.7 Å². The number of hydrogen-bond donors (Lipinski definition) is 2. The SMILES string of the molecule is COc1ncnc(NC(C(N)=O)C(C)C)c1C. The molecule has 0 saturated heterocycles. The molecule has 1 atom stereocenters. The van der Waals surface area contributed by atoms with Crippen molar-refractivity contribution in [3.63, 3.8) is 0 Å². The van der Waals surface area contributed by atoms with Crippen molar-refractivity contribution in [2.45, 2.75) is 26.8 Å². The van der Waals surface area contributed by atoms with Crippen molar-refractivity contribution in [3.8, 4) is 5.88 Å². The first-order chi connectivity index (χ1) is 7.97. The summed E-state index contributed by atoms with van der Waals surface area (Å²) in [6.45, 7) is 5.64. The highest BCUT2D eigenvalue weighted by Gasteiger charge is 2.21. The molecule has 1 amide bonds. The van der Waals surface area contributed by atoms with Gasteiger partial charge in [0.25, 0.3) is 0 Å². The maximum Gasteiger partial charge on any atom is 0.240 e. The number of hydrogen-bond acceptors (Lipinski definition) is 5. The number of rotatable bonds is 5. The summed E-state index contributed by atoms with van der Waals surface area (Å²) in [5.41, 5.74) is 6.08. The fourth-order valence-corrected chi connectivity index (χ4v) is 1.50. The van der Waals surface area contributed by atoms with Crippen molar-refractivity contribution in [1.82, 2.24) is 9.97 Å². The second-order valence-corrected chi connectivity index (χ2v) is 4.12. The van der Waals surface area contributed by atoms with Crippen molar-refractivity contribution in [2.24, 2.45) is 11.7 Å². The zero-order chi connectivity index (χ0) is 13.0. The van der Waals surface area contributed by atoms with Crippen LogP contribution in [-0.4, -0.2) is 29.0 Å². The van der Waals surface area contributed by atoms with E-state index < -0.39 is 11.9 Å². The fraction of sp³-hybridized carbons (Fsp3) is 0.545. The van der Waals surface area contributed by atoms with Crippen molar-refractivity contribution in [2.75, 3.05) is 12.4 Å². The summed E-state index contributed by atoms with van der Waals surface area (Å²) in [6, 6.07) is -0.465. The average molecular weight is 238 g/mol. The molecule has 6 heteroatoms. The molecular formula is C11H18N4O2. The van der Waals surface area contributed by atoms with Gasteiger partial charge in [-0.2, -0.15) is 0 Å². The fourth-order valence-electron chi connectivity index (χ4n) is 1.50. The number of carbonyl (C=O) groups is 1. The van der Waals surface area contributed by atoms with E-state index in [0.717, 1.165) is 5.56 Å². The van der Waals surface area contributed by atoms with Gasteiger partial charge >= 0.3 is 0 Å². The predicted octanol–water partition coefficient (Wildman–Crippen LogP) is 0.715. The van der Waals surface area contributed by atoms with E-state index in [1.807, 2.05) is 20.8 Å². The molecule has 1 rings (SSSR count). The highest BCUT2D eigenvalue weighted by Crippen LogP contribution is 2.21. The Morgan fingerprint density at radius 2 is 2.12 bits per heavy atom. The molecule has 3 N–H and O–H groups in total. The Morgan fingerprint density at radius 3 is 2.59 bits per heavy atom. The Balaban J connectivity index is 2.97. The van der Waals surface area contributed by atoms with Crippen molar-refractivity contribution in [1.29, 1.82) is 0 Å². The molecule has 17 heavy (non-hydrogen) atoms. The highest BCUT2D eigenvalue weighted by atomic mass is 16.5. The molecule has 0 saturated carbocycles. The summed E-state index contributed by atoms with van der Waals surface area (Å²) in [4.78, 5) is 19.3. The van der Waals surface area contributed by atoms with Crippen LogP contribution in [-0.2, 0) is 4.79 Å². The maximum absolute atomic E-state index is 11.3. The van der Waals surface area contributed by atoms with Crippen LogP contribution in [0, 0.1) is 12.8 Å². The van der Waals surface area contributed by atoms with E-state index in [1.165, 1.54) is 13.4 Å². The lowest BCUT2D eigenvalue weighted by molar-refractivity contribution is -0.119. The van der Waals surface area contributed by atoms with Gasteiger partial charge in [-0.15, -0.1) is 0 Å². The van der Waals surface area contributed by atoms with Crippen molar-refractivity contribution < 1.29 is 9.53 Å². The average Bonchev–Trinajstić information content (AvgIpc) is 2.26. The summed E-state index contributed by atoms with van der Waals surface area (Å²) < 4.78 is 5.08. The molecule has 0 fully saturated rings. The molecule has 6 nitrogen and oxygen atoms in total. The molecule has 0 bridgehead atoms. The Morgan fingerprint density at radius 1 is 1.47 bits per heavy atom. The van der Waals surface area contributed by atoms with Gasteiger partial charge in [-0.05, 0) is 12.8 Å². The quantitative estimate of drug-likeness (QED) is 0.788. The van der Waals surface area contributed by atoms with E-state index in [9.17, 15) is 4.79 Å². The van der Waals surface area contributed by atoms with E-state index >= 15 is 0 Å². The summed E-state index contributed by atoms with van der Waals surface area (Å²) >= 11 is 0. The number of nitrogens with zero attached hydrogens (tertiary/aromatic N) is 2. The summed E-state index contributed by atoms with van der Waals surface area (Å²) in [7, 11) is 1.53. The number of primary amides is 1. The van der Waals surface area contributed by atoms with Crippen LogP contribution in [0.3, 0.4) is 0 Å². The topological polar surface area (TPSA) is 90.1 Å². The molecule has 94 valence electrons. The lowest BCUT2D eigenvalue weighted by atomic mass is 10.0. The Hall–Kier alpha value is -1.85. The molecule has 0 radical (unpaired) electrons. The van der Waals surface area contributed by atoms with Crippen LogP contribution < -0.4 is 15.8 Å². The Labute approximate surface area is 101 Å². The monoisotopic (exact) mass is 238 g/mol. The predicted molar refractivity (Wildman–Crippen MR) is 64.8 cm³/mol. The normalized spacial score (nSPS) is 12.3. The third-order valence-corrected chi connectivity index (χ3v) is 2.50. The molecule has 1 unspecified atom stereocenters. The minimum Gasteiger partial charge on any atom is -0.481 e. The number of nitrogens with two attached hydrogens (primary N) is 1. The Kier molecular flexibility index (Phi) is 4.25. The highest BCUT2D eigenvalue weighted by molar-refractivity contribution is 5.83. The number of carbonyl (C=O) groups excluding carboxylic acids is 1. The second-order valence-electron chi connectivity index (χ2n) is 4.12. The zero-order valence-corrected chi connectivity index (χ0v) is 10.5. The van der Waals surface area contributed by atoms with Crippen LogP contribution in [0.25, 0.3) is 0 Å². The minimum absolute atomic E-state index is 0.0767. The maximum atomic E-state index is 11.3. The van der Waals surface area contributed by atoms with Crippen LogP contribution >= 0.6 is 0 Å². The summed E-state index contributed by atoms with van der Waals surface area (Å²) in [5, 5.41) is 3.02. The van der Waals surface area contributed by atoms with Gasteiger partial charge in [0.05, 0.1) is 12.7 Å². The first-order valence-electron chi connectivity index (χ1n) is 5.38. The number of ether oxygens (including phenoxy) is 1. The van der Waals surface area contributed by atoms with Crippen LogP contribution in [0.5, 0.6) is 5.88 Å². The molecule has 1 heterocycles. The molecule has 0 aliphatic heterocycles. The second kappa shape index (κ2) is 5.47. The van der Waals surface area contributed by atoms with Crippen molar-refractivity contribution >= 4 is 11.7 Å². The summed E-state index contributed by atoms with van der Waals surface area (Å²) in [6.07, 6.45) is 1.38. The molecule has 0 spiro atoms. The largest absolute Gasteiger partial charge is 0.481 e. The van der Waals surface area contributed by atoms with Gasteiger partial charge < -0.3 is 15.8 Å². The van der Waals surface area contributed by atoms with Gasteiger partial charge in [0.1, 0.15) is 18.2 Å². The zero-order valence-electron chi connectivity index (χ0n) is 10.5. The van der Waals surface area contributed by atoms with E-state index in [-0.39, 0.29) is 5.92 Å². The number of nitrogens with one attached hydrogen (secondary N) is 1. The van der Waals surface area contributed by atoms with Gasteiger partial charge in [-0.3, -0.25) is 4.79 Å². The van der Waals surface area contributed by atoms with Gasteiger partial charge in [0.15, 0.2) is 0 Å². The Bertz CT molecular complexity index is 406. The summed E-state index contributed by atoms with van der Waals surface area (Å²) in [5.74, 6) is 0.716. The molecule has 0 aliphatic rings. The van der Waals surface area contributed by atoms with Crippen molar-refractivity contribution in [3.05, 3.63) is 11.9 Å². The van der Waals surface area contributed by atoms with Crippen LogP contribution in [0.4, 0.5) is 5.82 Å². The molecular weight excluding hydrogens is 220 g/mol. The number of anilines is 1. The molecule has 1 aromatic rings. The number of amides is 1. The standard InChI is InChI=1S/C11H18N4O2/c1-6(2)8(9(12)16)15-10-7(3)11(17-4)14-5-13-10/h5-6,8H,1-4H3,(H2,12,16)(H,13,14,15). The number of methoxy groups -OCH3 is 1. The van der Waals surface area contributed by atoms with Gasteiger partial charge in [0, 0.05) is 0 Å². The minimum atomic E-state index is -0.465. The van der Waals surface area contributed by atoms with Crippen LogP contribution in [0.1, 0.15) is 19.4 Å². The smallest absolute Gasteiger partial charge is 0.240 e. The van der Waals surface area contributed by atoms with Crippen LogP contribution in [0.15, 0.2) is 6.33 Å². The van der Waals surface area contributed by atoms with Gasteiger partial charge in [-0.1, -0.05) is 13.8 Å². The first kappa shape index (κ1) is 13.2. The number of aromatic nitrogens is 2.